The summed E-state index contributed by atoms with van der Waals surface area (Å²) in [6, 6.07) is 19.3. The normalized spacial score (nSPS) is 11.9. The fourth-order valence-electron chi connectivity index (χ4n) is 3.25. The molecule has 0 spiro atoms. The largest absolute Gasteiger partial charge is 0.493 e. The van der Waals surface area contributed by atoms with Gasteiger partial charge in [0.2, 0.25) is 0 Å². The van der Waals surface area contributed by atoms with Crippen molar-refractivity contribution in [2.24, 2.45) is 0 Å². The van der Waals surface area contributed by atoms with Crippen LogP contribution < -0.4 is 14.8 Å². The Kier molecular flexibility index (Phi) is 8.76. The van der Waals surface area contributed by atoms with Crippen molar-refractivity contribution in [1.82, 2.24) is 5.32 Å². The third kappa shape index (κ3) is 6.70. The molecule has 0 radical (unpaired) electrons. The van der Waals surface area contributed by atoms with Crippen molar-refractivity contribution in [3.8, 4) is 11.5 Å². The van der Waals surface area contributed by atoms with E-state index in [0.29, 0.717) is 34.7 Å². The van der Waals surface area contributed by atoms with Crippen LogP contribution in [0.15, 0.2) is 65.1 Å². The van der Waals surface area contributed by atoms with Crippen molar-refractivity contribution in [2.75, 3.05) is 7.11 Å². The lowest BCUT2D eigenvalue weighted by atomic mass is 10.1. The molecule has 0 fully saturated rings. The maximum absolute atomic E-state index is 14.0. The molecule has 0 bridgehead atoms. The van der Waals surface area contributed by atoms with Crippen LogP contribution in [0.1, 0.15) is 30.0 Å². The number of rotatable bonds is 10. The molecule has 3 rings (SSSR count). The summed E-state index contributed by atoms with van der Waals surface area (Å²) in [5.74, 6) is 0.700. The second-order valence-corrected chi connectivity index (χ2v) is 8.67. The molecule has 0 amide bonds. The summed E-state index contributed by atoms with van der Waals surface area (Å²) in [7, 11) is 1.59. The first-order chi connectivity index (χ1) is 15.0. The van der Waals surface area contributed by atoms with Crippen LogP contribution in [0.3, 0.4) is 0 Å². The lowest BCUT2D eigenvalue weighted by Gasteiger charge is -2.17. The molecule has 0 aliphatic carbocycles. The Morgan fingerprint density at radius 3 is 2.55 bits per heavy atom. The van der Waals surface area contributed by atoms with E-state index in [0.717, 1.165) is 22.9 Å². The van der Waals surface area contributed by atoms with E-state index < -0.39 is 5.82 Å². The summed E-state index contributed by atoms with van der Waals surface area (Å²) >= 11 is 9.66. The predicted molar refractivity (Wildman–Crippen MR) is 128 cm³/mol. The maximum atomic E-state index is 14.0. The van der Waals surface area contributed by atoms with Crippen LogP contribution >= 0.6 is 27.5 Å². The zero-order chi connectivity index (χ0) is 22.2. The van der Waals surface area contributed by atoms with E-state index in [2.05, 4.69) is 52.4 Å². The second kappa shape index (κ2) is 11.5. The summed E-state index contributed by atoms with van der Waals surface area (Å²) in [4.78, 5) is 0. The molecule has 0 saturated carbocycles. The van der Waals surface area contributed by atoms with Gasteiger partial charge in [0.15, 0.2) is 11.5 Å². The molecule has 164 valence electrons. The van der Waals surface area contributed by atoms with Gasteiger partial charge in [-0.25, -0.2) is 4.39 Å². The number of hydrogen-bond acceptors (Lipinski definition) is 3. The average molecular weight is 507 g/mol. The quantitative estimate of drug-likeness (QED) is 0.323. The molecule has 0 aromatic heterocycles. The van der Waals surface area contributed by atoms with Crippen molar-refractivity contribution in [3.05, 3.63) is 92.7 Å². The topological polar surface area (TPSA) is 30.5 Å². The molecule has 1 N–H and O–H groups in total. The van der Waals surface area contributed by atoms with Gasteiger partial charge in [0.1, 0.15) is 12.4 Å². The highest BCUT2D eigenvalue weighted by atomic mass is 79.9. The molecular weight excluding hydrogens is 481 g/mol. The Bertz CT molecular complexity index is 980. The molecule has 3 aromatic carbocycles. The van der Waals surface area contributed by atoms with E-state index in [1.807, 2.05) is 18.2 Å². The van der Waals surface area contributed by atoms with E-state index >= 15 is 0 Å². The average Bonchev–Trinajstić information content (AvgIpc) is 2.77. The van der Waals surface area contributed by atoms with Gasteiger partial charge in [0.05, 0.1) is 16.6 Å². The third-order valence-electron chi connectivity index (χ3n) is 5.08. The molecule has 1 atom stereocenters. The number of halogens is 3. The van der Waals surface area contributed by atoms with E-state index in [9.17, 15) is 4.39 Å². The summed E-state index contributed by atoms with van der Waals surface area (Å²) in [5, 5.41) is 3.89. The van der Waals surface area contributed by atoms with E-state index in [-0.39, 0.29) is 6.61 Å². The molecule has 31 heavy (non-hydrogen) atoms. The van der Waals surface area contributed by atoms with Crippen LogP contribution in [0.25, 0.3) is 0 Å². The van der Waals surface area contributed by atoms with E-state index in [1.54, 1.807) is 19.2 Å². The summed E-state index contributed by atoms with van der Waals surface area (Å²) in [6.45, 7) is 2.89. The lowest BCUT2D eigenvalue weighted by Crippen LogP contribution is -2.26. The SMILES string of the molecule is COc1cc(CN[C@@H](C)CCc2ccccc2)cc(Br)c1OCc1c(F)cccc1Cl. The Morgan fingerprint density at radius 2 is 1.84 bits per heavy atom. The van der Waals surface area contributed by atoms with Crippen molar-refractivity contribution >= 4 is 27.5 Å². The van der Waals surface area contributed by atoms with Gasteiger partial charge in [0, 0.05) is 18.2 Å². The Labute approximate surface area is 196 Å². The summed E-state index contributed by atoms with van der Waals surface area (Å²) in [6.07, 6.45) is 2.08. The molecule has 6 heteroatoms. The molecule has 3 nitrogen and oxygen atoms in total. The lowest BCUT2D eigenvalue weighted by molar-refractivity contribution is 0.277. The van der Waals surface area contributed by atoms with Gasteiger partial charge in [-0.3, -0.25) is 0 Å². The summed E-state index contributed by atoms with van der Waals surface area (Å²) < 4.78 is 26.2. The maximum Gasteiger partial charge on any atom is 0.175 e. The Balaban J connectivity index is 1.61. The van der Waals surface area contributed by atoms with Gasteiger partial charge < -0.3 is 14.8 Å². The van der Waals surface area contributed by atoms with Crippen LogP contribution in [-0.4, -0.2) is 13.2 Å². The number of hydrogen-bond donors (Lipinski definition) is 1. The Hall–Kier alpha value is -2.08. The number of nitrogens with one attached hydrogen (secondary N) is 1. The van der Waals surface area contributed by atoms with Crippen molar-refractivity contribution in [2.45, 2.75) is 39.0 Å². The minimum absolute atomic E-state index is 0.00852. The van der Waals surface area contributed by atoms with Crippen LogP contribution in [-0.2, 0) is 19.6 Å². The zero-order valence-electron chi connectivity index (χ0n) is 17.6. The van der Waals surface area contributed by atoms with Crippen molar-refractivity contribution < 1.29 is 13.9 Å². The van der Waals surface area contributed by atoms with Crippen LogP contribution in [0.5, 0.6) is 11.5 Å². The molecule has 0 heterocycles. The second-order valence-electron chi connectivity index (χ2n) is 7.40. The van der Waals surface area contributed by atoms with Gasteiger partial charge in [0.25, 0.3) is 0 Å². The Morgan fingerprint density at radius 1 is 1.06 bits per heavy atom. The smallest absolute Gasteiger partial charge is 0.175 e. The minimum Gasteiger partial charge on any atom is -0.493 e. The molecule has 0 saturated heterocycles. The molecule has 3 aromatic rings. The monoisotopic (exact) mass is 505 g/mol. The highest BCUT2D eigenvalue weighted by Gasteiger charge is 2.15. The van der Waals surface area contributed by atoms with Gasteiger partial charge in [-0.15, -0.1) is 0 Å². The van der Waals surface area contributed by atoms with Gasteiger partial charge in [-0.2, -0.15) is 0 Å². The first-order valence-corrected chi connectivity index (χ1v) is 11.3. The number of ether oxygens (including phenoxy) is 2. The molecule has 0 aliphatic heterocycles. The van der Waals surface area contributed by atoms with Crippen LogP contribution in [0.2, 0.25) is 5.02 Å². The fourth-order valence-corrected chi connectivity index (χ4v) is 4.07. The minimum atomic E-state index is -0.395. The zero-order valence-corrected chi connectivity index (χ0v) is 20.0. The van der Waals surface area contributed by atoms with E-state index in [4.69, 9.17) is 21.1 Å². The van der Waals surface area contributed by atoms with E-state index in [1.165, 1.54) is 11.6 Å². The standard InChI is InChI=1S/C25H26BrClFNO2/c1-17(11-12-18-7-4-3-5-8-18)29-15-19-13-21(26)25(24(14-19)30-2)31-16-20-22(27)9-6-10-23(20)28/h3-10,13-14,17,29H,11-12,15-16H2,1-2H3/t17-/m0/s1. The van der Waals surface area contributed by atoms with Gasteiger partial charge >= 0.3 is 0 Å². The number of methoxy groups -OCH3 is 1. The number of benzene rings is 3. The first-order valence-electron chi connectivity index (χ1n) is 10.2. The third-order valence-corrected chi connectivity index (χ3v) is 6.02. The molecule has 0 unspecified atom stereocenters. The first kappa shape index (κ1) is 23.6. The fraction of sp³-hybridized carbons (Fsp3) is 0.280. The van der Waals surface area contributed by atoms with Crippen molar-refractivity contribution in [3.63, 3.8) is 0 Å². The highest BCUT2D eigenvalue weighted by molar-refractivity contribution is 9.10. The predicted octanol–water partition coefficient (Wildman–Crippen LogP) is 6.94. The molecular formula is C25H26BrClFNO2. The highest BCUT2D eigenvalue weighted by Crippen LogP contribution is 2.37. The number of aryl methyl sites for hydroxylation is 1. The van der Waals surface area contributed by atoms with Gasteiger partial charge in [-0.05, 0) is 71.1 Å². The van der Waals surface area contributed by atoms with Crippen LogP contribution in [0, 0.1) is 5.82 Å². The van der Waals surface area contributed by atoms with Crippen molar-refractivity contribution in [1.29, 1.82) is 0 Å². The van der Waals surface area contributed by atoms with Crippen LogP contribution in [0.4, 0.5) is 4.39 Å². The molecule has 0 aliphatic rings. The van der Waals surface area contributed by atoms with Gasteiger partial charge in [-0.1, -0.05) is 48.0 Å². The summed E-state index contributed by atoms with van der Waals surface area (Å²) in [5.41, 5.74) is 2.72.